The van der Waals surface area contributed by atoms with E-state index in [1.165, 1.54) is 33.3 Å². The summed E-state index contributed by atoms with van der Waals surface area (Å²) in [5.41, 5.74) is -1.00. The number of carbonyl (C=O) groups is 3. The summed E-state index contributed by atoms with van der Waals surface area (Å²) in [5, 5.41) is 4.96. The van der Waals surface area contributed by atoms with E-state index in [9.17, 15) is 18.8 Å². The van der Waals surface area contributed by atoms with Crippen molar-refractivity contribution >= 4 is 39.5 Å². The van der Waals surface area contributed by atoms with Gasteiger partial charge in [-0.05, 0) is 42.8 Å². The molecule has 158 valence electrons. The number of anilines is 1. The molecule has 0 spiro atoms. The van der Waals surface area contributed by atoms with Crippen LogP contribution in [0.5, 0.6) is 11.5 Å². The highest BCUT2D eigenvalue weighted by atomic mass is 79.9. The molecule has 2 aromatic rings. The number of halogens is 2. The number of carbonyl (C=O) groups excluding carboxylic acids is 3. The molecule has 1 heterocycles. The molecule has 10 heteroatoms. The summed E-state index contributed by atoms with van der Waals surface area (Å²) in [4.78, 5) is 38.5. The van der Waals surface area contributed by atoms with Crippen LogP contribution in [0, 0.1) is 5.82 Å². The molecule has 4 amide bonds. The van der Waals surface area contributed by atoms with Crippen LogP contribution in [-0.4, -0.2) is 43.5 Å². The Morgan fingerprint density at radius 2 is 1.87 bits per heavy atom. The number of ether oxygens (including phenoxy) is 2. The summed E-state index contributed by atoms with van der Waals surface area (Å²) in [7, 11) is 2.94. The van der Waals surface area contributed by atoms with E-state index in [-0.39, 0.29) is 5.69 Å². The normalized spacial score (nSPS) is 18.2. The molecular formula is C20H19BrFN3O5. The molecule has 1 aliphatic heterocycles. The molecule has 0 saturated carbocycles. The molecule has 0 aliphatic carbocycles. The molecule has 1 atom stereocenters. The van der Waals surface area contributed by atoms with Crippen molar-refractivity contribution in [3.8, 4) is 11.5 Å². The Bertz CT molecular complexity index is 1030. The van der Waals surface area contributed by atoms with Gasteiger partial charge in [-0.3, -0.25) is 14.5 Å². The second-order valence-corrected chi connectivity index (χ2v) is 7.60. The number of methoxy groups -OCH3 is 2. The maximum Gasteiger partial charge on any atom is 0.325 e. The number of hydrogen-bond acceptors (Lipinski definition) is 5. The summed E-state index contributed by atoms with van der Waals surface area (Å²) < 4.78 is 24.9. The molecular weight excluding hydrogens is 461 g/mol. The van der Waals surface area contributed by atoms with Crippen molar-refractivity contribution in [1.82, 2.24) is 10.2 Å². The summed E-state index contributed by atoms with van der Waals surface area (Å²) in [6, 6.07) is 8.21. The number of benzene rings is 2. The molecule has 1 saturated heterocycles. The van der Waals surface area contributed by atoms with Gasteiger partial charge in [0.15, 0.2) is 11.5 Å². The van der Waals surface area contributed by atoms with Crippen LogP contribution in [0.4, 0.5) is 14.9 Å². The predicted octanol–water partition coefficient (Wildman–Crippen LogP) is 3.01. The van der Waals surface area contributed by atoms with E-state index in [0.29, 0.717) is 21.5 Å². The van der Waals surface area contributed by atoms with Gasteiger partial charge in [-0.1, -0.05) is 22.0 Å². The van der Waals surface area contributed by atoms with Crippen LogP contribution in [0.2, 0.25) is 0 Å². The smallest absolute Gasteiger partial charge is 0.325 e. The van der Waals surface area contributed by atoms with Crippen LogP contribution in [-0.2, 0) is 15.1 Å². The van der Waals surface area contributed by atoms with E-state index in [4.69, 9.17) is 9.47 Å². The second kappa shape index (κ2) is 8.31. The van der Waals surface area contributed by atoms with Gasteiger partial charge in [0.25, 0.3) is 5.91 Å². The van der Waals surface area contributed by atoms with Gasteiger partial charge in [0.05, 0.1) is 19.9 Å². The summed E-state index contributed by atoms with van der Waals surface area (Å²) >= 11 is 3.13. The van der Waals surface area contributed by atoms with Crippen LogP contribution in [0.15, 0.2) is 40.9 Å². The first kappa shape index (κ1) is 21.6. The zero-order chi connectivity index (χ0) is 22.1. The van der Waals surface area contributed by atoms with E-state index >= 15 is 0 Å². The monoisotopic (exact) mass is 479 g/mol. The number of imide groups is 1. The van der Waals surface area contributed by atoms with Crippen molar-refractivity contribution in [3.63, 3.8) is 0 Å². The highest BCUT2D eigenvalue weighted by Gasteiger charge is 2.49. The first-order valence-corrected chi connectivity index (χ1v) is 9.60. The molecule has 0 aromatic heterocycles. The standard InChI is InChI=1S/C20H19BrFN3O5/c1-20(11-4-7-15(29-2)16(8-11)30-3)18(27)25(19(28)24-20)10-17(26)23-14-6-5-12(21)9-13(14)22/h4-9H,10H2,1-3H3,(H,23,26)(H,24,28)/t20-/m1/s1. The summed E-state index contributed by atoms with van der Waals surface area (Å²) in [6.07, 6.45) is 0. The third-order valence-corrected chi connectivity index (χ3v) is 5.24. The summed E-state index contributed by atoms with van der Waals surface area (Å²) in [6.45, 7) is 0.962. The molecule has 0 radical (unpaired) electrons. The zero-order valence-corrected chi connectivity index (χ0v) is 18.0. The third-order valence-electron chi connectivity index (χ3n) is 4.74. The molecule has 30 heavy (non-hydrogen) atoms. The Labute approximate surface area is 180 Å². The van der Waals surface area contributed by atoms with Crippen LogP contribution >= 0.6 is 15.9 Å². The quantitative estimate of drug-likeness (QED) is 0.620. The SMILES string of the molecule is COc1ccc([C@@]2(C)NC(=O)N(CC(=O)Nc3ccc(Br)cc3F)C2=O)cc1OC. The lowest BCUT2D eigenvalue weighted by atomic mass is 9.91. The van der Waals surface area contributed by atoms with Gasteiger partial charge in [0.1, 0.15) is 17.9 Å². The molecule has 1 fully saturated rings. The van der Waals surface area contributed by atoms with Gasteiger partial charge in [-0.15, -0.1) is 0 Å². The fourth-order valence-electron chi connectivity index (χ4n) is 3.11. The van der Waals surface area contributed by atoms with Gasteiger partial charge >= 0.3 is 6.03 Å². The van der Waals surface area contributed by atoms with Crippen LogP contribution in [0.3, 0.4) is 0 Å². The lowest BCUT2D eigenvalue weighted by Gasteiger charge is -2.23. The maximum absolute atomic E-state index is 13.9. The minimum Gasteiger partial charge on any atom is -0.493 e. The lowest BCUT2D eigenvalue weighted by molar-refractivity contribution is -0.133. The minimum absolute atomic E-state index is 0.0575. The largest absolute Gasteiger partial charge is 0.493 e. The van der Waals surface area contributed by atoms with Gasteiger partial charge in [0.2, 0.25) is 5.91 Å². The van der Waals surface area contributed by atoms with Crippen LogP contribution in [0.1, 0.15) is 12.5 Å². The Morgan fingerprint density at radius 1 is 1.17 bits per heavy atom. The van der Waals surface area contributed by atoms with Crippen molar-refractivity contribution in [2.75, 3.05) is 26.1 Å². The second-order valence-electron chi connectivity index (χ2n) is 6.69. The Morgan fingerprint density at radius 3 is 2.50 bits per heavy atom. The topological polar surface area (TPSA) is 97.0 Å². The maximum atomic E-state index is 13.9. The van der Waals surface area contributed by atoms with Crippen molar-refractivity contribution in [2.45, 2.75) is 12.5 Å². The van der Waals surface area contributed by atoms with Gasteiger partial charge < -0.3 is 20.1 Å². The van der Waals surface area contributed by atoms with E-state index in [1.54, 1.807) is 24.3 Å². The third kappa shape index (κ3) is 3.95. The fraction of sp³-hybridized carbons (Fsp3) is 0.250. The molecule has 3 rings (SSSR count). The average Bonchev–Trinajstić information content (AvgIpc) is 2.93. The fourth-order valence-corrected chi connectivity index (χ4v) is 3.44. The van der Waals surface area contributed by atoms with Crippen LogP contribution < -0.4 is 20.1 Å². The van der Waals surface area contributed by atoms with Gasteiger partial charge in [-0.25, -0.2) is 9.18 Å². The van der Waals surface area contributed by atoms with Gasteiger partial charge in [-0.2, -0.15) is 0 Å². The van der Waals surface area contributed by atoms with Crippen molar-refractivity contribution in [3.05, 3.63) is 52.3 Å². The molecule has 0 unspecified atom stereocenters. The predicted molar refractivity (Wildman–Crippen MR) is 110 cm³/mol. The highest BCUT2D eigenvalue weighted by molar-refractivity contribution is 9.10. The number of hydrogen-bond donors (Lipinski definition) is 2. The minimum atomic E-state index is -1.40. The molecule has 2 aromatic carbocycles. The summed E-state index contributed by atoms with van der Waals surface area (Å²) in [5.74, 6) is -1.12. The molecule has 1 aliphatic rings. The van der Waals surface area contributed by atoms with Crippen molar-refractivity contribution < 1.29 is 28.2 Å². The zero-order valence-electron chi connectivity index (χ0n) is 16.4. The average molecular weight is 480 g/mol. The number of nitrogens with one attached hydrogen (secondary N) is 2. The molecule has 0 bridgehead atoms. The van der Waals surface area contributed by atoms with Gasteiger partial charge in [0, 0.05) is 4.47 Å². The van der Waals surface area contributed by atoms with E-state index in [2.05, 4.69) is 26.6 Å². The van der Waals surface area contributed by atoms with E-state index in [1.807, 2.05) is 0 Å². The molecule has 2 N–H and O–H groups in total. The van der Waals surface area contributed by atoms with Crippen LogP contribution in [0.25, 0.3) is 0 Å². The Balaban J connectivity index is 1.79. The Hall–Kier alpha value is -3.14. The lowest BCUT2D eigenvalue weighted by Crippen LogP contribution is -2.42. The Kier molecular flexibility index (Phi) is 5.97. The number of amides is 4. The number of urea groups is 1. The highest BCUT2D eigenvalue weighted by Crippen LogP contribution is 2.35. The molecule has 8 nitrogen and oxygen atoms in total. The number of nitrogens with zero attached hydrogens (tertiary/aromatic N) is 1. The van der Waals surface area contributed by atoms with E-state index < -0.39 is 35.7 Å². The van der Waals surface area contributed by atoms with Crippen molar-refractivity contribution in [2.24, 2.45) is 0 Å². The first-order valence-electron chi connectivity index (χ1n) is 8.81. The van der Waals surface area contributed by atoms with E-state index in [0.717, 1.165) is 4.90 Å². The van der Waals surface area contributed by atoms with Crippen molar-refractivity contribution in [1.29, 1.82) is 0 Å². The first-order chi connectivity index (χ1) is 14.2. The number of rotatable bonds is 6.